The molecule has 1 amide bonds. The van der Waals surface area contributed by atoms with Crippen LogP contribution in [0.25, 0.3) is 0 Å². The zero-order valence-electron chi connectivity index (χ0n) is 10.4. The Morgan fingerprint density at radius 3 is 2.85 bits per heavy atom. The van der Waals surface area contributed by atoms with E-state index in [1.54, 1.807) is 18.2 Å². The Morgan fingerprint density at radius 2 is 2.25 bits per heavy atom. The van der Waals surface area contributed by atoms with Crippen molar-refractivity contribution in [1.29, 1.82) is 0 Å². The number of hydrogen-bond donors (Lipinski definition) is 1. The van der Waals surface area contributed by atoms with Crippen molar-refractivity contribution >= 4 is 43.3 Å². The van der Waals surface area contributed by atoms with E-state index in [1.807, 2.05) is 0 Å². The highest BCUT2D eigenvalue weighted by Crippen LogP contribution is 2.27. The van der Waals surface area contributed by atoms with E-state index in [2.05, 4.69) is 21.2 Å². The maximum Gasteiger partial charge on any atom is 0.258 e. The molecule has 5 nitrogen and oxygen atoms in total. The van der Waals surface area contributed by atoms with E-state index in [0.29, 0.717) is 17.2 Å². The molecule has 8 heteroatoms. The molecule has 1 heterocycles. The van der Waals surface area contributed by atoms with Gasteiger partial charge in [-0.2, -0.15) is 0 Å². The Bertz CT molecular complexity index is 620. The molecule has 0 aliphatic carbocycles. The Morgan fingerprint density at radius 1 is 1.50 bits per heavy atom. The van der Waals surface area contributed by atoms with Crippen LogP contribution >= 0.6 is 27.5 Å². The Kier molecular flexibility index (Phi) is 4.93. The van der Waals surface area contributed by atoms with Gasteiger partial charge < -0.3 is 10.1 Å². The zero-order chi connectivity index (χ0) is 14.8. The summed E-state index contributed by atoms with van der Waals surface area (Å²) < 4.78 is 28.7. The third-order valence-corrected chi connectivity index (χ3v) is 5.41. The van der Waals surface area contributed by atoms with E-state index in [4.69, 9.17) is 16.3 Å². The third kappa shape index (κ3) is 4.36. The van der Waals surface area contributed by atoms with Gasteiger partial charge in [0.2, 0.25) is 0 Å². The number of hydrogen-bond acceptors (Lipinski definition) is 4. The number of sulfone groups is 1. The first-order chi connectivity index (χ1) is 9.35. The van der Waals surface area contributed by atoms with Crippen LogP contribution in [0.5, 0.6) is 5.75 Å². The van der Waals surface area contributed by atoms with Crippen LogP contribution in [0.4, 0.5) is 0 Å². The van der Waals surface area contributed by atoms with Gasteiger partial charge in [0.1, 0.15) is 5.75 Å². The van der Waals surface area contributed by atoms with E-state index in [0.717, 1.165) is 4.47 Å². The summed E-state index contributed by atoms with van der Waals surface area (Å²) in [4.78, 5) is 11.7. The predicted octanol–water partition coefficient (Wildman–Crippen LogP) is 1.78. The fraction of sp³-hybridized carbons (Fsp3) is 0.417. The van der Waals surface area contributed by atoms with Gasteiger partial charge in [0.25, 0.3) is 5.91 Å². The summed E-state index contributed by atoms with van der Waals surface area (Å²) in [6, 6.07) is 4.75. The van der Waals surface area contributed by atoms with Crippen LogP contribution in [0, 0.1) is 0 Å². The molecule has 0 aromatic heterocycles. The number of carbonyl (C=O) groups excluding carboxylic acids is 1. The minimum atomic E-state index is -3.00. The van der Waals surface area contributed by atoms with Crippen molar-refractivity contribution in [1.82, 2.24) is 5.32 Å². The van der Waals surface area contributed by atoms with Crippen LogP contribution in [0.1, 0.15) is 6.42 Å². The van der Waals surface area contributed by atoms with Gasteiger partial charge in [-0.3, -0.25) is 4.79 Å². The molecule has 2 rings (SSSR count). The van der Waals surface area contributed by atoms with Crippen LogP contribution in [-0.2, 0) is 14.6 Å². The lowest BCUT2D eigenvalue weighted by Crippen LogP contribution is -2.38. The summed E-state index contributed by atoms with van der Waals surface area (Å²) in [7, 11) is -3.00. The lowest BCUT2D eigenvalue weighted by molar-refractivity contribution is -0.123. The molecule has 1 unspecified atom stereocenters. The SMILES string of the molecule is O=C(COc1ccc(Br)cc1Cl)NC1CCS(=O)(=O)C1. The summed E-state index contributed by atoms with van der Waals surface area (Å²) in [6.07, 6.45) is 0.452. The first-order valence-corrected chi connectivity index (χ1v) is 8.92. The summed E-state index contributed by atoms with van der Waals surface area (Å²) in [6.45, 7) is -0.197. The van der Waals surface area contributed by atoms with E-state index < -0.39 is 9.84 Å². The third-order valence-electron chi connectivity index (χ3n) is 2.85. The molecule has 0 spiro atoms. The molecule has 0 radical (unpaired) electrons. The first-order valence-electron chi connectivity index (χ1n) is 5.93. The minimum absolute atomic E-state index is 0.00220. The Balaban J connectivity index is 1.84. The molecule has 1 aliphatic heterocycles. The molecule has 1 aromatic carbocycles. The quantitative estimate of drug-likeness (QED) is 0.861. The molecule has 0 bridgehead atoms. The molecule has 20 heavy (non-hydrogen) atoms. The molecule has 110 valence electrons. The van der Waals surface area contributed by atoms with Crippen LogP contribution in [0.2, 0.25) is 5.02 Å². The molecular weight excluding hydrogens is 370 g/mol. The molecule has 1 saturated heterocycles. The average molecular weight is 383 g/mol. The number of amides is 1. The van der Waals surface area contributed by atoms with Crippen molar-refractivity contribution in [2.45, 2.75) is 12.5 Å². The minimum Gasteiger partial charge on any atom is -0.482 e. The molecule has 1 N–H and O–H groups in total. The van der Waals surface area contributed by atoms with Crippen molar-refractivity contribution in [3.8, 4) is 5.75 Å². The maximum absolute atomic E-state index is 11.7. The molecule has 0 saturated carbocycles. The monoisotopic (exact) mass is 381 g/mol. The molecule has 1 atom stereocenters. The smallest absolute Gasteiger partial charge is 0.258 e. The van der Waals surface area contributed by atoms with Crippen LogP contribution in [-0.4, -0.2) is 38.5 Å². The molecular formula is C12H13BrClNO4S. The number of halogens is 2. The second-order valence-electron chi connectivity index (χ2n) is 4.53. The molecule has 1 aromatic rings. The zero-order valence-corrected chi connectivity index (χ0v) is 13.6. The highest BCUT2D eigenvalue weighted by Gasteiger charge is 2.28. The number of benzene rings is 1. The first kappa shape index (κ1) is 15.6. The fourth-order valence-corrected chi connectivity index (χ4v) is 4.32. The van der Waals surface area contributed by atoms with Gasteiger partial charge in [0, 0.05) is 10.5 Å². The topological polar surface area (TPSA) is 72.5 Å². The average Bonchev–Trinajstić information content (AvgIpc) is 2.67. The van der Waals surface area contributed by atoms with E-state index in [9.17, 15) is 13.2 Å². The highest BCUT2D eigenvalue weighted by atomic mass is 79.9. The largest absolute Gasteiger partial charge is 0.482 e. The molecule has 1 aliphatic rings. The van der Waals surface area contributed by atoms with Gasteiger partial charge in [-0.15, -0.1) is 0 Å². The van der Waals surface area contributed by atoms with Gasteiger partial charge in [-0.1, -0.05) is 27.5 Å². The van der Waals surface area contributed by atoms with Crippen molar-refractivity contribution in [2.24, 2.45) is 0 Å². The molecule has 1 fully saturated rings. The van der Waals surface area contributed by atoms with Crippen molar-refractivity contribution < 1.29 is 17.9 Å². The van der Waals surface area contributed by atoms with Crippen molar-refractivity contribution in [3.05, 3.63) is 27.7 Å². The number of rotatable bonds is 4. The standard InChI is InChI=1S/C12H13BrClNO4S/c13-8-1-2-11(10(14)5-8)19-6-12(16)15-9-3-4-20(17,18)7-9/h1-2,5,9H,3-4,6-7H2,(H,15,16). The van der Waals surface area contributed by atoms with Crippen molar-refractivity contribution in [3.63, 3.8) is 0 Å². The van der Waals surface area contributed by atoms with Gasteiger partial charge >= 0.3 is 0 Å². The van der Waals surface area contributed by atoms with Gasteiger partial charge in [0.15, 0.2) is 16.4 Å². The summed E-state index contributed by atoms with van der Waals surface area (Å²) in [5, 5.41) is 3.04. The number of ether oxygens (including phenoxy) is 1. The summed E-state index contributed by atoms with van der Waals surface area (Å²) >= 11 is 9.22. The van der Waals surface area contributed by atoms with Crippen molar-refractivity contribution in [2.75, 3.05) is 18.1 Å². The van der Waals surface area contributed by atoms with Crippen LogP contribution in [0.3, 0.4) is 0 Å². The summed E-state index contributed by atoms with van der Waals surface area (Å²) in [5.41, 5.74) is 0. The summed E-state index contributed by atoms with van der Waals surface area (Å²) in [5.74, 6) is 0.171. The van der Waals surface area contributed by atoms with E-state index in [-0.39, 0.29) is 30.1 Å². The van der Waals surface area contributed by atoms with Gasteiger partial charge in [0.05, 0.1) is 16.5 Å². The van der Waals surface area contributed by atoms with E-state index in [1.165, 1.54) is 0 Å². The Hall–Kier alpha value is -0.790. The normalized spacial score (nSPS) is 20.6. The predicted molar refractivity (Wildman–Crippen MR) is 79.8 cm³/mol. The Labute approximate surface area is 130 Å². The number of nitrogens with one attached hydrogen (secondary N) is 1. The highest BCUT2D eigenvalue weighted by molar-refractivity contribution is 9.10. The maximum atomic E-state index is 11.7. The van der Waals surface area contributed by atoms with Gasteiger partial charge in [-0.05, 0) is 24.6 Å². The lowest BCUT2D eigenvalue weighted by atomic mass is 10.2. The van der Waals surface area contributed by atoms with Gasteiger partial charge in [-0.25, -0.2) is 8.42 Å². The second-order valence-corrected chi connectivity index (χ2v) is 8.08. The van der Waals surface area contributed by atoms with Crippen LogP contribution < -0.4 is 10.1 Å². The fourth-order valence-electron chi connectivity index (χ4n) is 1.91. The van der Waals surface area contributed by atoms with E-state index >= 15 is 0 Å². The number of carbonyl (C=O) groups is 1. The second kappa shape index (κ2) is 6.32. The lowest BCUT2D eigenvalue weighted by Gasteiger charge is -2.12. The van der Waals surface area contributed by atoms with Crippen LogP contribution in [0.15, 0.2) is 22.7 Å².